The van der Waals surface area contributed by atoms with Crippen LogP contribution in [-0.2, 0) is 16.0 Å². The van der Waals surface area contributed by atoms with Gasteiger partial charge in [-0.1, -0.05) is 37.3 Å². The standard InChI is InChI=1S/C24H23FO3/c1-3-23(26)19-14-16-7-5-6-8-20(16)21(15-19)17-9-11-22(25)18(13-17)10-12-24(27)28-4-2/h5-9,11,13-15H,3-4,10,12H2,1-2H3. The second kappa shape index (κ2) is 8.79. The van der Waals surface area contributed by atoms with Crippen LogP contribution in [-0.4, -0.2) is 18.4 Å². The molecule has 4 heteroatoms. The van der Waals surface area contributed by atoms with Gasteiger partial charge >= 0.3 is 5.97 Å². The fourth-order valence-corrected chi connectivity index (χ4v) is 3.32. The van der Waals surface area contributed by atoms with Crippen LogP contribution in [0.3, 0.4) is 0 Å². The quantitative estimate of drug-likeness (QED) is 0.389. The van der Waals surface area contributed by atoms with Crippen molar-refractivity contribution in [2.75, 3.05) is 6.61 Å². The number of benzene rings is 3. The summed E-state index contributed by atoms with van der Waals surface area (Å²) in [6, 6.07) is 16.5. The molecule has 0 fully saturated rings. The predicted octanol–water partition coefficient (Wildman–Crippen LogP) is 5.73. The van der Waals surface area contributed by atoms with E-state index in [1.807, 2.05) is 43.3 Å². The second-order valence-electron chi connectivity index (χ2n) is 6.63. The molecule has 3 aromatic rings. The van der Waals surface area contributed by atoms with Crippen LogP contribution in [0.25, 0.3) is 21.9 Å². The van der Waals surface area contributed by atoms with E-state index in [1.54, 1.807) is 19.1 Å². The number of aryl methyl sites for hydroxylation is 1. The van der Waals surface area contributed by atoms with E-state index in [0.29, 0.717) is 24.2 Å². The van der Waals surface area contributed by atoms with Gasteiger partial charge in [-0.05, 0) is 65.1 Å². The molecule has 3 nitrogen and oxygen atoms in total. The van der Waals surface area contributed by atoms with Crippen molar-refractivity contribution in [2.24, 2.45) is 0 Å². The van der Waals surface area contributed by atoms with Gasteiger partial charge in [0.15, 0.2) is 5.78 Å². The molecule has 0 radical (unpaired) electrons. The molecule has 0 aromatic heterocycles. The molecule has 0 aliphatic heterocycles. The number of hydrogen-bond donors (Lipinski definition) is 0. The van der Waals surface area contributed by atoms with Crippen molar-refractivity contribution in [3.05, 3.63) is 71.5 Å². The number of carbonyl (C=O) groups excluding carboxylic acids is 2. The highest BCUT2D eigenvalue weighted by Crippen LogP contribution is 2.32. The van der Waals surface area contributed by atoms with Crippen LogP contribution in [0.2, 0.25) is 0 Å². The van der Waals surface area contributed by atoms with Crippen LogP contribution in [0.4, 0.5) is 4.39 Å². The minimum Gasteiger partial charge on any atom is -0.466 e. The van der Waals surface area contributed by atoms with Gasteiger partial charge in [-0.25, -0.2) is 4.39 Å². The molecule has 0 spiro atoms. The van der Waals surface area contributed by atoms with Crippen molar-refractivity contribution in [3.63, 3.8) is 0 Å². The monoisotopic (exact) mass is 378 g/mol. The SMILES string of the molecule is CCOC(=O)CCc1cc(-c2cc(C(=O)CC)cc3ccccc23)ccc1F. The molecule has 0 amide bonds. The maximum atomic E-state index is 14.3. The highest BCUT2D eigenvalue weighted by molar-refractivity contribution is 6.05. The molecular weight excluding hydrogens is 355 g/mol. The van der Waals surface area contributed by atoms with E-state index in [-0.39, 0.29) is 30.4 Å². The minimum absolute atomic E-state index is 0.0663. The molecule has 0 unspecified atom stereocenters. The molecule has 0 atom stereocenters. The Morgan fingerprint density at radius 1 is 1.00 bits per heavy atom. The Morgan fingerprint density at radius 2 is 1.79 bits per heavy atom. The van der Waals surface area contributed by atoms with Crippen molar-refractivity contribution >= 4 is 22.5 Å². The van der Waals surface area contributed by atoms with Gasteiger partial charge in [0.05, 0.1) is 6.61 Å². The first-order chi connectivity index (χ1) is 13.5. The normalized spacial score (nSPS) is 10.8. The molecule has 3 rings (SSSR count). The molecule has 0 heterocycles. The van der Waals surface area contributed by atoms with E-state index < -0.39 is 0 Å². The lowest BCUT2D eigenvalue weighted by Crippen LogP contribution is -2.06. The van der Waals surface area contributed by atoms with Gasteiger partial charge in [0, 0.05) is 18.4 Å². The predicted molar refractivity (Wildman–Crippen MR) is 109 cm³/mol. The topological polar surface area (TPSA) is 43.4 Å². The Labute approximate surface area is 164 Å². The molecule has 0 saturated heterocycles. The van der Waals surface area contributed by atoms with Gasteiger partial charge < -0.3 is 4.74 Å². The Balaban J connectivity index is 2.05. The van der Waals surface area contributed by atoms with Crippen LogP contribution in [0.5, 0.6) is 0 Å². The number of halogens is 1. The lowest BCUT2D eigenvalue weighted by Gasteiger charge is -2.12. The fraction of sp³-hybridized carbons (Fsp3) is 0.250. The third-order valence-electron chi connectivity index (χ3n) is 4.77. The van der Waals surface area contributed by atoms with Crippen molar-refractivity contribution in [1.82, 2.24) is 0 Å². The Kier molecular flexibility index (Phi) is 6.19. The van der Waals surface area contributed by atoms with Gasteiger partial charge in [0.2, 0.25) is 0 Å². The maximum Gasteiger partial charge on any atom is 0.306 e. The largest absolute Gasteiger partial charge is 0.466 e. The summed E-state index contributed by atoms with van der Waals surface area (Å²) in [5.41, 5.74) is 2.81. The number of hydrogen-bond acceptors (Lipinski definition) is 3. The van der Waals surface area contributed by atoms with E-state index in [1.165, 1.54) is 6.07 Å². The number of rotatable bonds is 7. The summed E-state index contributed by atoms with van der Waals surface area (Å²) < 4.78 is 19.2. The van der Waals surface area contributed by atoms with Gasteiger partial charge in [-0.3, -0.25) is 9.59 Å². The van der Waals surface area contributed by atoms with E-state index in [0.717, 1.165) is 21.9 Å². The van der Waals surface area contributed by atoms with Gasteiger partial charge in [0.25, 0.3) is 0 Å². The summed E-state index contributed by atoms with van der Waals surface area (Å²) in [4.78, 5) is 23.9. The average Bonchev–Trinajstić information content (AvgIpc) is 2.72. The van der Waals surface area contributed by atoms with Crippen molar-refractivity contribution in [2.45, 2.75) is 33.1 Å². The molecular formula is C24H23FO3. The number of ketones is 1. The van der Waals surface area contributed by atoms with E-state index >= 15 is 0 Å². The third kappa shape index (κ3) is 4.28. The van der Waals surface area contributed by atoms with Gasteiger partial charge in [-0.2, -0.15) is 0 Å². The fourth-order valence-electron chi connectivity index (χ4n) is 3.32. The van der Waals surface area contributed by atoms with Gasteiger partial charge in [0.1, 0.15) is 5.82 Å². The molecule has 28 heavy (non-hydrogen) atoms. The molecule has 0 saturated carbocycles. The zero-order valence-corrected chi connectivity index (χ0v) is 16.1. The average molecular weight is 378 g/mol. The van der Waals surface area contributed by atoms with Crippen LogP contribution in [0.1, 0.15) is 42.6 Å². The lowest BCUT2D eigenvalue weighted by molar-refractivity contribution is -0.143. The van der Waals surface area contributed by atoms with Crippen LogP contribution in [0, 0.1) is 5.82 Å². The second-order valence-corrected chi connectivity index (χ2v) is 6.63. The summed E-state index contributed by atoms with van der Waals surface area (Å²) in [5.74, 6) is -0.622. The lowest BCUT2D eigenvalue weighted by atomic mass is 9.92. The summed E-state index contributed by atoms with van der Waals surface area (Å²) >= 11 is 0. The summed E-state index contributed by atoms with van der Waals surface area (Å²) in [6.45, 7) is 3.89. The smallest absolute Gasteiger partial charge is 0.306 e. The summed E-state index contributed by atoms with van der Waals surface area (Å²) in [7, 11) is 0. The first-order valence-electron chi connectivity index (χ1n) is 9.53. The highest BCUT2D eigenvalue weighted by Gasteiger charge is 2.13. The molecule has 3 aromatic carbocycles. The first-order valence-corrected chi connectivity index (χ1v) is 9.53. The molecule has 0 aliphatic rings. The number of esters is 1. The number of fused-ring (bicyclic) bond motifs is 1. The first kappa shape index (κ1) is 19.7. The van der Waals surface area contributed by atoms with Crippen molar-refractivity contribution in [3.8, 4) is 11.1 Å². The zero-order chi connectivity index (χ0) is 20.1. The number of Topliss-reactive ketones (excluding diaryl/α,β-unsaturated/α-hetero) is 1. The van der Waals surface area contributed by atoms with E-state index in [2.05, 4.69) is 0 Å². The molecule has 0 aliphatic carbocycles. The van der Waals surface area contributed by atoms with Crippen LogP contribution >= 0.6 is 0 Å². The maximum absolute atomic E-state index is 14.3. The Hall–Kier alpha value is -3.01. The molecule has 144 valence electrons. The minimum atomic E-state index is -0.349. The molecule has 0 bridgehead atoms. The zero-order valence-electron chi connectivity index (χ0n) is 16.1. The Bertz CT molecular complexity index is 1020. The highest BCUT2D eigenvalue weighted by atomic mass is 19.1. The van der Waals surface area contributed by atoms with E-state index in [4.69, 9.17) is 4.74 Å². The van der Waals surface area contributed by atoms with Crippen molar-refractivity contribution < 1.29 is 18.7 Å². The van der Waals surface area contributed by atoms with Crippen molar-refractivity contribution in [1.29, 1.82) is 0 Å². The third-order valence-corrected chi connectivity index (χ3v) is 4.77. The molecule has 0 N–H and O–H groups in total. The number of ether oxygens (including phenoxy) is 1. The summed E-state index contributed by atoms with van der Waals surface area (Å²) in [6.07, 6.45) is 0.819. The number of carbonyl (C=O) groups is 2. The van der Waals surface area contributed by atoms with Crippen LogP contribution < -0.4 is 0 Å². The van der Waals surface area contributed by atoms with Gasteiger partial charge in [-0.15, -0.1) is 0 Å². The Morgan fingerprint density at radius 3 is 2.54 bits per heavy atom. The van der Waals surface area contributed by atoms with E-state index in [9.17, 15) is 14.0 Å². The summed E-state index contributed by atoms with van der Waals surface area (Å²) in [5, 5.41) is 1.97. The van der Waals surface area contributed by atoms with Crippen LogP contribution in [0.15, 0.2) is 54.6 Å².